The van der Waals surface area contributed by atoms with Gasteiger partial charge in [0.1, 0.15) is 6.54 Å². The van der Waals surface area contributed by atoms with E-state index in [-0.39, 0.29) is 0 Å². The summed E-state index contributed by atoms with van der Waals surface area (Å²) in [5.41, 5.74) is 6.91. The van der Waals surface area contributed by atoms with Crippen LogP contribution in [0.3, 0.4) is 0 Å². The van der Waals surface area contributed by atoms with E-state index >= 15 is 0 Å². The number of aliphatic imine (C=N–C) groups is 1. The number of hydrogen-bond donors (Lipinski definition) is 2. The van der Waals surface area contributed by atoms with E-state index in [4.69, 9.17) is 0 Å². The van der Waals surface area contributed by atoms with Gasteiger partial charge < -0.3 is 0 Å². The predicted octanol–water partition coefficient (Wildman–Crippen LogP) is 0.674. The Kier molecular flexibility index (Phi) is 4.35. The number of rotatable bonds is 6. The zero-order chi connectivity index (χ0) is 9.57. The summed E-state index contributed by atoms with van der Waals surface area (Å²) >= 11 is 0. The van der Waals surface area contributed by atoms with E-state index in [2.05, 4.69) is 29.7 Å². The fraction of sp³-hybridized carbons (Fsp3) is 0.889. The molecule has 0 bridgehead atoms. The first-order valence-corrected chi connectivity index (χ1v) is 5.22. The Balaban J connectivity index is 2.38. The minimum absolute atomic E-state index is 0.668. The van der Waals surface area contributed by atoms with Crippen molar-refractivity contribution in [1.82, 2.24) is 10.9 Å². The van der Waals surface area contributed by atoms with Crippen molar-refractivity contribution < 1.29 is 4.70 Å². The molecule has 0 fully saturated rings. The van der Waals surface area contributed by atoms with Gasteiger partial charge in [0.05, 0.1) is 6.54 Å². The van der Waals surface area contributed by atoms with Gasteiger partial charge in [0.15, 0.2) is 0 Å². The number of hydrogen-bond acceptors (Lipinski definition) is 3. The van der Waals surface area contributed by atoms with Crippen LogP contribution >= 0.6 is 0 Å². The molecule has 1 heterocycles. The summed E-state index contributed by atoms with van der Waals surface area (Å²) < 4.78 is 0.668. The molecule has 0 unspecified atom stereocenters. The summed E-state index contributed by atoms with van der Waals surface area (Å²) in [4.78, 5) is 4.26. The molecule has 0 spiro atoms. The first-order valence-electron chi connectivity index (χ1n) is 5.22. The SMILES string of the molecule is CCCN[N+]1(NCCC)C=NCC1. The van der Waals surface area contributed by atoms with Crippen molar-refractivity contribution in [2.45, 2.75) is 26.7 Å². The molecule has 4 nitrogen and oxygen atoms in total. The first-order chi connectivity index (χ1) is 6.33. The topological polar surface area (TPSA) is 36.4 Å². The highest BCUT2D eigenvalue weighted by Crippen LogP contribution is 2.00. The van der Waals surface area contributed by atoms with Gasteiger partial charge in [-0.25, -0.2) is 4.99 Å². The minimum atomic E-state index is 0.668. The van der Waals surface area contributed by atoms with Gasteiger partial charge in [0, 0.05) is 13.1 Å². The molecule has 1 aliphatic heterocycles. The van der Waals surface area contributed by atoms with E-state index < -0.39 is 0 Å². The molecule has 1 aliphatic rings. The van der Waals surface area contributed by atoms with E-state index in [1.807, 2.05) is 6.34 Å². The van der Waals surface area contributed by atoms with Crippen LogP contribution in [0.5, 0.6) is 0 Å². The molecule has 13 heavy (non-hydrogen) atoms. The summed E-state index contributed by atoms with van der Waals surface area (Å²) in [5, 5.41) is 0. The summed E-state index contributed by atoms with van der Waals surface area (Å²) in [6, 6.07) is 0. The highest BCUT2D eigenvalue weighted by molar-refractivity contribution is 5.47. The third kappa shape index (κ3) is 3.06. The average molecular weight is 185 g/mol. The van der Waals surface area contributed by atoms with Crippen molar-refractivity contribution >= 4 is 6.34 Å². The van der Waals surface area contributed by atoms with Crippen LogP contribution in [0, 0.1) is 0 Å². The number of quaternary nitrogens is 1. The van der Waals surface area contributed by atoms with Crippen molar-refractivity contribution in [2.24, 2.45) is 4.99 Å². The summed E-state index contributed by atoms with van der Waals surface area (Å²) in [7, 11) is 0. The highest BCUT2D eigenvalue weighted by Gasteiger charge is 2.28. The quantitative estimate of drug-likeness (QED) is 0.597. The average Bonchev–Trinajstić information content (AvgIpc) is 2.61. The van der Waals surface area contributed by atoms with Crippen LogP contribution in [0.25, 0.3) is 0 Å². The minimum Gasteiger partial charge on any atom is -0.232 e. The molecule has 1 rings (SSSR count). The van der Waals surface area contributed by atoms with Crippen molar-refractivity contribution in [2.75, 3.05) is 26.2 Å². The molecule has 0 amide bonds. The lowest BCUT2D eigenvalue weighted by molar-refractivity contribution is -0.918. The van der Waals surface area contributed by atoms with Crippen LogP contribution in [-0.4, -0.2) is 37.2 Å². The summed E-state index contributed by atoms with van der Waals surface area (Å²) in [6.07, 6.45) is 4.29. The Morgan fingerprint density at radius 3 is 2.23 bits per heavy atom. The molecule has 0 atom stereocenters. The van der Waals surface area contributed by atoms with E-state index in [1.165, 1.54) is 0 Å². The molecule has 0 aromatic heterocycles. The number of nitrogens with zero attached hydrogens (tertiary/aromatic N) is 2. The van der Waals surface area contributed by atoms with E-state index in [1.54, 1.807) is 0 Å². The van der Waals surface area contributed by atoms with E-state index in [0.717, 1.165) is 39.0 Å². The molecule has 0 aromatic carbocycles. The standard InChI is InChI=1S/C9H21N4/c1-3-5-11-13(12-6-4-2)8-7-10-9-13/h9,11-12H,3-8H2,1-2H3/q+1. The van der Waals surface area contributed by atoms with Gasteiger partial charge in [-0.05, 0) is 12.8 Å². The Bertz CT molecular complexity index is 159. The van der Waals surface area contributed by atoms with Gasteiger partial charge in [0.2, 0.25) is 6.34 Å². The lowest BCUT2D eigenvalue weighted by Gasteiger charge is -2.29. The molecule has 0 aliphatic carbocycles. The van der Waals surface area contributed by atoms with Crippen LogP contribution in [-0.2, 0) is 0 Å². The van der Waals surface area contributed by atoms with Crippen LogP contribution in [0.15, 0.2) is 4.99 Å². The second kappa shape index (κ2) is 5.32. The molecule has 76 valence electrons. The molecule has 0 saturated heterocycles. The Hall–Kier alpha value is -0.450. The summed E-state index contributed by atoms with van der Waals surface area (Å²) in [5.74, 6) is 0. The Morgan fingerprint density at radius 1 is 1.23 bits per heavy atom. The predicted molar refractivity (Wildman–Crippen MR) is 55.1 cm³/mol. The molecule has 0 saturated carbocycles. The fourth-order valence-corrected chi connectivity index (χ4v) is 1.39. The third-order valence-electron chi connectivity index (χ3n) is 2.15. The maximum absolute atomic E-state index is 4.26. The second-order valence-electron chi connectivity index (χ2n) is 3.43. The van der Waals surface area contributed by atoms with Gasteiger partial charge in [0.25, 0.3) is 0 Å². The molecular weight excluding hydrogens is 164 g/mol. The molecule has 2 N–H and O–H groups in total. The van der Waals surface area contributed by atoms with Crippen LogP contribution in [0.4, 0.5) is 0 Å². The Labute approximate surface area is 80.6 Å². The van der Waals surface area contributed by atoms with Gasteiger partial charge in [-0.15, -0.1) is 15.6 Å². The van der Waals surface area contributed by atoms with Gasteiger partial charge in [-0.3, -0.25) is 0 Å². The first kappa shape index (κ1) is 10.6. The Morgan fingerprint density at radius 2 is 1.85 bits per heavy atom. The normalized spacial score (nSPS) is 19.5. The number of nitrogens with one attached hydrogen (secondary N) is 2. The van der Waals surface area contributed by atoms with Crippen molar-refractivity contribution in [3.05, 3.63) is 0 Å². The maximum Gasteiger partial charge on any atom is 0.225 e. The maximum atomic E-state index is 4.26. The molecule has 0 radical (unpaired) electrons. The molecule has 4 heteroatoms. The highest BCUT2D eigenvalue weighted by atomic mass is 15.9. The van der Waals surface area contributed by atoms with Gasteiger partial charge in [-0.2, -0.15) is 0 Å². The lowest BCUT2D eigenvalue weighted by atomic mass is 10.5. The van der Waals surface area contributed by atoms with Gasteiger partial charge >= 0.3 is 0 Å². The fourth-order valence-electron chi connectivity index (χ4n) is 1.39. The van der Waals surface area contributed by atoms with Crippen molar-refractivity contribution in [3.8, 4) is 0 Å². The smallest absolute Gasteiger partial charge is 0.225 e. The zero-order valence-corrected chi connectivity index (χ0v) is 8.71. The van der Waals surface area contributed by atoms with E-state index in [9.17, 15) is 0 Å². The molecular formula is C9H21N4+. The lowest BCUT2D eigenvalue weighted by Crippen LogP contribution is -2.64. The van der Waals surface area contributed by atoms with Crippen LogP contribution < -0.4 is 10.9 Å². The van der Waals surface area contributed by atoms with Crippen LogP contribution in [0.2, 0.25) is 0 Å². The van der Waals surface area contributed by atoms with Crippen molar-refractivity contribution in [3.63, 3.8) is 0 Å². The van der Waals surface area contributed by atoms with Crippen LogP contribution in [0.1, 0.15) is 26.7 Å². The zero-order valence-electron chi connectivity index (χ0n) is 8.71. The summed E-state index contributed by atoms with van der Waals surface area (Å²) in [6.45, 7) is 8.37. The second-order valence-corrected chi connectivity index (χ2v) is 3.43. The monoisotopic (exact) mass is 185 g/mol. The molecule has 0 aromatic rings. The van der Waals surface area contributed by atoms with Gasteiger partial charge in [-0.1, -0.05) is 13.8 Å². The largest absolute Gasteiger partial charge is 0.232 e. The van der Waals surface area contributed by atoms with E-state index in [0.29, 0.717) is 4.70 Å². The third-order valence-corrected chi connectivity index (χ3v) is 2.15. The van der Waals surface area contributed by atoms with Crippen molar-refractivity contribution in [1.29, 1.82) is 0 Å².